The number of anilines is 3. The molecule has 0 radical (unpaired) electrons. The molecular formula is C26H33F3N8O. The number of aliphatic hydroxyl groups excluding tert-OH is 1. The lowest BCUT2D eigenvalue weighted by molar-refractivity contribution is -0.179. The van der Waals surface area contributed by atoms with Crippen LogP contribution in [0.15, 0.2) is 30.6 Å². The molecule has 204 valence electrons. The number of nitrogens with one attached hydrogen (secondary N) is 1. The number of rotatable bonds is 6. The third-order valence-corrected chi connectivity index (χ3v) is 7.32. The van der Waals surface area contributed by atoms with E-state index >= 15 is 0 Å². The molecule has 2 aliphatic heterocycles. The van der Waals surface area contributed by atoms with Gasteiger partial charge >= 0.3 is 6.18 Å². The average molecular weight is 531 g/mol. The summed E-state index contributed by atoms with van der Waals surface area (Å²) in [6.45, 7) is 7.04. The summed E-state index contributed by atoms with van der Waals surface area (Å²) in [5.41, 5.74) is 2.07. The lowest BCUT2D eigenvalue weighted by Gasteiger charge is -2.34. The average Bonchev–Trinajstić information content (AvgIpc) is 2.90. The van der Waals surface area contributed by atoms with E-state index in [0.29, 0.717) is 34.2 Å². The van der Waals surface area contributed by atoms with Crippen LogP contribution in [0.4, 0.5) is 30.8 Å². The number of aromatic nitrogens is 4. The zero-order valence-corrected chi connectivity index (χ0v) is 21.6. The molecule has 3 aromatic rings. The molecular weight excluding hydrogens is 497 g/mol. The Morgan fingerprint density at radius 2 is 1.76 bits per heavy atom. The summed E-state index contributed by atoms with van der Waals surface area (Å²) >= 11 is 0. The summed E-state index contributed by atoms with van der Waals surface area (Å²) in [6, 6.07) is 5.62. The Bertz CT molecular complexity index is 1240. The van der Waals surface area contributed by atoms with Gasteiger partial charge in [-0.3, -0.25) is 4.90 Å². The van der Waals surface area contributed by atoms with E-state index in [1.807, 2.05) is 23.2 Å². The fourth-order valence-corrected chi connectivity index (χ4v) is 4.93. The van der Waals surface area contributed by atoms with Gasteiger partial charge in [-0.05, 0) is 44.5 Å². The van der Waals surface area contributed by atoms with Gasteiger partial charge in [-0.1, -0.05) is 6.07 Å². The van der Waals surface area contributed by atoms with Gasteiger partial charge in [0.25, 0.3) is 0 Å². The molecule has 2 aliphatic rings. The van der Waals surface area contributed by atoms with Gasteiger partial charge in [0.1, 0.15) is 11.3 Å². The van der Waals surface area contributed by atoms with Crippen LogP contribution in [0.1, 0.15) is 37.1 Å². The van der Waals surface area contributed by atoms with Crippen LogP contribution in [-0.4, -0.2) is 87.3 Å². The summed E-state index contributed by atoms with van der Waals surface area (Å²) in [5, 5.41) is 13.9. The maximum Gasteiger partial charge on any atom is 0.391 e. The molecule has 0 aliphatic carbocycles. The van der Waals surface area contributed by atoms with Crippen LogP contribution in [0.25, 0.3) is 10.9 Å². The summed E-state index contributed by atoms with van der Waals surface area (Å²) in [7, 11) is 2.13. The van der Waals surface area contributed by atoms with Crippen LogP contribution in [0.2, 0.25) is 0 Å². The molecule has 0 unspecified atom stereocenters. The Morgan fingerprint density at radius 3 is 2.39 bits per heavy atom. The second-order valence-corrected chi connectivity index (χ2v) is 10.2. The maximum absolute atomic E-state index is 13.2. The van der Waals surface area contributed by atoms with E-state index < -0.39 is 18.2 Å². The number of likely N-dealkylation sites (N-methyl/N-ethyl adjacent to an activating group) is 1. The van der Waals surface area contributed by atoms with E-state index in [4.69, 9.17) is 0 Å². The van der Waals surface area contributed by atoms with Crippen LogP contribution >= 0.6 is 0 Å². The molecule has 2 saturated heterocycles. The van der Waals surface area contributed by atoms with Gasteiger partial charge in [-0.15, -0.1) is 0 Å². The second kappa shape index (κ2) is 11.0. The monoisotopic (exact) mass is 530 g/mol. The summed E-state index contributed by atoms with van der Waals surface area (Å²) in [4.78, 5) is 24.7. The highest BCUT2D eigenvalue weighted by Gasteiger charge is 2.41. The molecule has 1 atom stereocenters. The molecule has 2 fully saturated rings. The number of hydrogen-bond donors (Lipinski definition) is 2. The lowest BCUT2D eigenvalue weighted by atomic mass is 9.96. The van der Waals surface area contributed by atoms with E-state index in [1.54, 1.807) is 19.2 Å². The first-order chi connectivity index (χ1) is 18.2. The van der Waals surface area contributed by atoms with Crippen LogP contribution in [-0.2, 0) is 6.54 Å². The number of hydrogen-bond acceptors (Lipinski definition) is 9. The molecule has 38 heavy (non-hydrogen) atoms. The maximum atomic E-state index is 13.2. The minimum absolute atomic E-state index is 0.00777. The van der Waals surface area contributed by atoms with Gasteiger partial charge in [-0.2, -0.15) is 13.2 Å². The minimum Gasteiger partial charge on any atom is -0.387 e. The Hall–Kier alpha value is -3.09. The highest BCUT2D eigenvalue weighted by Crippen LogP contribution is 2.36. The van der Waals surface area contributed by atoms with Crippen molar-refractivity contribution in [1.29, 1.82) is 0 Å². The smallest absolute Gasteiger partial charge is 0.387 e. The predicted octanol–water partition coefficient (Wildman–Crippen LogP) is 3.74. The van der Waals surface area contributed by atoms with E-state index in [-0.39, 0.29) is 25.9 Å². The van der Waals surface area contributed by atoms with Crippen molar-refractivity contribution in [1.82, 2.24) is 29.7 Å². The molecule has 9 nitrogen and oxygen atoms in total. The molecule has 3 aromatic heterocycles. The summed E-state index contributed by atoms with van der Waals surface area (Å²) in [5.74, 6) is 0.0458. The number of piperazine rings is 1. The van der Waals surface area contributed by atoms with E-state index in [9.17, 15) is 18.3 Å². The summed E-state index contributed by atoms with van der Waals surface area (Å²) < 4.78 is 39.6. The van der Waals surface area contributed by atoms with Crippen LogP contribution in [0, 0.1) is 5.92 Å². The topological polar surface area (TPSA) is 93.5 Å². The lowest BCUT2D eigenvalue weighted by Crippen LogP contribution is -2.43. The molecule has 0 saturated carbocycles. The van der Waals surface area contributed by atoms with Crippen LogP contribution < -0.4 is 10.2 Å². The van der Waals surface area contributed by atoms with Crippen molar-refractivity contribution in [3.05, 3.63) is 41.9 Å². The molecule has 5 heterocycles. The van der Waals surface area contributed by atoms with Crippen molar-refractivity contribution < 1.29 is 18.3 Å². The van der Waals surface area contributed by atoms with Gasteiger partial charge in [0.2, 0.25) is 5.95 Å². The number of nitrogens with zero attached hydrogens (tertiary/aromatic N) is 7. The number of pyridine rings is 2. The first-order valence-corrected chi connectivity index (χ1v) is 13.0. The van der Waals surface area contributed by atoms with Gasteiger partial charge in [0.05, 0.1) is 17.7 Å². The molecule has 5 rings (SSSR count). The van der Waals surface area contributed by atoms with Crippen molar-refractivity contribution in [3.8, 4) is 0 Å². The number of alkyl halides is 3. The molecule has 12 heteroatoms. The number of fused-ring (bicyclic) bond motifs is 1. The summed E-state index contributed by atoms with van der Waals surface area (Å²) in [6.07, 6.45) is -1.58. The third kappa shape index (κ3) is 6.13. The highest BCUT2D eigenvalue weighted by atomic mass is 19.4. The molecule has 0 aromatic carbocycles. The SMILES string of the molecule is C[C@@H](O)c1cc2cnc(Nc3ccc(CN4CCN(C)CC4)cn3)nc2c(N2CCC(C(F)(F)F)CC2)n1. The Balaban J connectivity index is 1.34. The van der Waals surface area contributed by atoms with E-state index in [1.165, 1.54) is 0 Å². The standard InChI is InChI=1S/C26H33F3N8O/c1-17(38)21-13-19-15-31-25(33-22-4-3-18(14-30-22)16-36-11-9-35(2)10-12-36)34-23(19)24(32-21)37-7-5-20(6-8-37)26(27,28)29/h3-4,13-15,17,20,38H,5-12,16H2,1-2H3,(H,30,31,33,34)/t17-/m1/s1. The van der Waals surface area contributed by atoms with Gasteiger partial charge in [0, 0.05) is 63.6 Å². The molecule has 0 spiro atoms. The van der Waals surface area contributed by atoms with Crippen molar-refractivity contribution >= 4 is 28.5 Å². The fraction of sp³-hybridized carbons (Fsp3) is 0.538. The number of aliphatic hydroxyl groups is 1. The van der Waals surface area contributed by atoms with E-state index in [2.05, 4.69) is 42.1 Å². The zero-order chi connectivity index (χ0) is 26.9. The fourth-order valence-electron chi connectivity index (χ4n) is 4.93. The largest absolute Gasteiger partial charge is 0.391 e. The Labute approximate surface area is 219 Å². The highest BCUT2D eigenvalue weighted by molar-refractivity contribution is 5.89. The van der Waals surface area contributed by atoms with Crippen LogP contribution in [0.5, 0.6) is 0 Å². The Morgan fingerprint density at radius 1 is 1.03 bits per heavy atom. The first kappa shape index (κ1) is 26.5. The third-order valence-electron chi connectivity index (χ3n) is 7.32. The number of piperidine rings is 1. The molecule has 2 N–H and O–H groups in total. The predicted molar refractivity (Wildman–Crippen MR) is 139 cm³/mol. The van der Waals surface area contributed by atoms with Crippen molar-refractivity contribution in [2.24, 2.45) is 5.92 Å². The van der Waals surface area contributed by atoms with Crippen molar-refractivity contribution in [2.75, 3.05) is 56.5 Å². The van der Waals surface area contributed by atoms with Crippen molar-refractivity contribution in [2.45, 2.75) is 38.6 Å². The number of halogens is 3. The van der Waals surface area contributed by atoms with Crippen molar-refractivity contribution in [3.63, 3.8) is 0 Å². The molecule has 0 amide bonds. The second-order valence-electron chi connectivity index (χ2n) is 10.2. The van der Waals surface area contributed by atoms with Crippen LogP contribution in [0.3, 0.4) is 0 Å². The minimum atomic E-state index is -4.20. The normalized spacial score (nSPS) is 19.2. The van der Waals surface area contributed by atoms with Gasteiger partial charge < -0.3 is 20.2 Å². The molecule has 0 bridgehead atoms. The zero-order valence-electron chi connectivity index (χ0n) is 21.6. The van der Waals surface area contributed by atoms with Gasteiger partial charge in [-0.25, -0.2) is 19.9 Å². The quantitative estimate of drug-likeness (QED) is 0.494. The first-order valence-electron chi connectivity index (χ1n) is 13.0. The van der Waals surface area contributed by atoms with E-state index in [0.717, 1.165) is 38.3 Å². The van der Waals surface area contributed by atoms with Gasteiger partial charge in [0.15, 0.2) is 5.82 Å². The Kier molecular flexibility index (Phi) is 7.64.